The fourth-order valence-electron chi connectivity index (χ4n) is 2.19. The normalized spacial score (nSPS) is 14.9. The Morgan fingerprint density at radius 2 is 1.62 bits per heavy atom. The first kappa shape index (κ1) is 15.2. The minimum absolute atomic E-state index is 0.106. The van der Waals surface area contributed by atoms with E-state index < -0.39 is 9.85 Å². The molecule has 1 aromatic carbocycles. The molecule has 0 unspecified atom stereocenters. The molecular formula is C14H14N2O4S. The number of thioether (sulfide) groups is 1. The Morgan fingerprint density at radius 3 is 2.10 bits per heavy atom. The van der Waals surface area contributed by atoms with Gasteiger partial charge in [-0.15, -0.1) is 0 Å². The first-order chi connectivity index (χ1) is 9.90. The second-order valence-corrected chi connectivity index (χ2v) is 5.94. The Morgan fingerprint density at radius 1 is 1.05 bits per heavy atom. The summed E-state index contributed by atoms with van der Waals surface area (Å²) < 4.78 is 0. The Kier molecular flexibility index (Phi) is 4.42. The van der Waals surface area contributed by atoms with Crippen molar-refractivity contribution in [3.8, 4) is 0 Å². The summed E-state index contributed by atoms with van der Waals surface area (Å²) in [6.45, 7) is 3.95. The van der Waals surface area contributed by atoms with Crippen LogP contribution in [-0.4, -0.2) is 9.85 Å². The second-order valence-electron chi connectivity index (χ2n) is 4.84. The van der Waals surface area contributed by atoms with Gasteiger partial charge in [0.2, 0.25) is 0 Å². The molecule has 21 heavy (non-hydrogen) atoms. The topological polar surface area (TPSA) is 86.3 Å². The van der Waals surface area contributed by atoms with Gasteiger partial charge in [-0.25, -0.2) is 0 Å². The molecule has 1 aliphatic carbocycles. The minimum Gasteiger partial charge on any atom is -0.258 e. The van der Waals surface area contributed by atoms with Crippen LogP contribution in [0, 0.1) is 20.2 Å². The summed E-state index contributed by atoms with van der Waals surface area (Å²) in [6, 6.07) is 3.94. The van der Waals surface area contributed by atoms with Crippen LogP contribution >= 0.6 is 11.8 Å². The summed E-state index contributed by atoms with van der Waals surface area (Å²) in [7, 11) is 0. The monoisotopic (exact) mass is 306 g/mol. The van der Waals surface area contributed by atoms with Crippen LogP contribution in [0.15, 0.2) is 45.2 Å². The number of nitro groups is 2. The summed E-state index contributed by atoms with van der Waals surface area (Å²) >= 11 is 1.14. The van der Waals surface area contributed by atoms with Crippen molar-refractivity contribution in [2.45, 2.75) is 31.6 Å². The maximum absolute atomic E-state index is 11.1. The summed E-state index contributed by atoms with van der Waals surface area (Å²) in [6.07, 6.45) is 3.64. The lowest BCUT2D eigenvalue weighted by Crippen LogP contribution is -1.99. The lowest BCUT2D eigenvalue weighted by atomic mass is 10.0. The van der Waals surface area contributed by atoms with Crippen LogP contribution in [0.1, 0.15) is 26.7 Å². The number of hydrogen-bond acceptors (Lipinski definition) is 5. The Balaban J connectivity index is 2.50. The van der Waals surface area contributed by atoms with Crippen molar-refractivity contribution in [3.63, 3.8) is 0 Å². The molecule has 0 saturated carbocycles. The van der Waals surface area contributed by atoms with E-state index in [9.17, 15) is 20.2 Å². The van der Waals surface area contributed by atoms with Gasteiger partial charge in [0.1, 0.15) is 0 Å². The zero-order chi connectivity index (χ0) is 15.6. The summed E-state index contributed by atoms with van der Waals surface area (Å²) in [4.78, 5) is 22.1. The number of allylic oxidation sites excluding steroid dienone is 4. The van der Waals surface area contributed by atoms with Crippen molar-refractivity contribution in [1.82, 2.24) is 0 Å². The lowest BCUT2D eigenvalue weighted by molar-refractivity contribution is -0.399. The van der Waals surface area contributed by atoms with Gasteiger partial charge in [0.25, 0.3) is 11.4 Å². The largest absolute Gasteiger partial charge is 0.290 e. The first-order valence-corrected chi connectivity index (χ1v) is 7.18. The van der Waals surface area contributed by atoms with Crippen molar-refractivity contribution in [2.24, 2.45) is 0 Å². The van der Waals surface area contributed by atoms with Gasteiger partial charge in [-0.1, -0.05) is 23.4 Å². The maximum atomic E-state index is 11.1. The molecule has 0 N–H and O–H groups in total. The average molecular weight is 306 g/mol. The van der Waals surface area contributed by atoms with Gasteiger partial charge in [0.15, 0.2) is 4.90 Å². The van der Waals surface area contributed by atoms with Crippen LogP contribution in [0.3, 0.4) is 0 Å². The number of hydrogen-bond donors (Lipinski definition) is 0. The molecule has 2 rings (SSSR count). The predicted molar refractivity (Wildman–Crippen MR) is 81.3 cm³/mol. The minimum atomic E-state index is -0.574. The zero-order valence-corrected chi connectivity index (χ0v) is 12.5. The van der Waals surface area contributed by atoms with Crippen LogP contribution in [0.5, 0.6) is 0 Å². The zero-order valence-electron chi connectivity index (χ0n) is 11.7. The van der Waals surface area contributed by atoms with Crippen molar-refractivity contribution in [1.29, 1.82) is 0 Å². The van der Waals surface area contributed by atoms with E-state index in [0.29, 0.717) is 0 Å². The van der Waals surface area contributed by atoms with E-state index in [2.05, 4.69) is 0 Å². The van der Waals surface area contributed by atoms with Crippen molar-refractivity contribution in [3.05, 3.63) is 60.6 Å². The molecule has 0 bridgehead atoms. The van der Waals surface area contributed by atoms with Gasteiger partial charge >= 0.3 is 0 Å². The highest BCUT2D eigenvalue weighted by Gasteiger charge is 2.27. The van der Waals surface area contributed by atoms with Crippen LogP contribution in [0.2, 0.25) is 0 Å². The highest BCUT2D eigenvalue weighted by Crippen LogP contribution is 2.44. The van der Waals surface area contributed by atoms with Gasteiger partial charge in [-0.2, -0.15) is 0 Å². The molecule has 0 saturated heterocycles. The van der Waals surface area contributed by atoms with E-state index >= 15 is 0 Å². The Bertz CT molecular complexity index is 647. The quantitative estimate of drug-likeness (QED) is 0.599. The Hall–Kier alpha value is -2.15. The fourth-order valence-corrected chi connectivity index (χ4v) is 3.35. The molecule has 0 aromatic heterocycles. The number of nitrogens with zero attached hydrogens (tertiary/aromatic N) is 2. The van der Waals surface area contributed by atoms with Crippen LogP contribution in [0.25, 0.3) is 0 Å². The van der Waals surface area contributed by atoms with Crippen LogP contribution < -0.4 is 0 Å². The van der Waals surface area contributed by atoms with Crippen molar-refractivity contribution < 1.29 is 9.85 Å². The smallest absolute Gasteiger partial charge is 0.258 e. The molecule has 0 spiro atoms. The molecule has 0 aliphatic heterocycles. The second kappa shape index (κ2) is 6.09. The van der Waals surface area contributed by atoms with Crippen molar-refractivity contribution >= 4 is 23.1 Å². The van der Waals surface area contributed by atoms with Crippen LogP contribution in [0.4, 0.5) is 11.4 Å². The summed E-state index contributed by atoms with van der Waals surface area (Å²) in [5.74, 6) is 0. The molecule has 1 aliphatic rings. The lowest BCUT2D eigenvalue weighted by Gasteiger charge is -2.15. The molecule has 110 valence electrons. The van der Waals surface area contributed by atoms with E-state index in [-0.39, 0.29) is 16.3 Å². The number of nitro benzene ring substituents is 2. The first-order valence-electron chi connectivity index (χ1n) is 6.36. The molecular weight excluding hydrogens is 292 g/mol. The predicted octanol–water partition coefficient (Wildman–Crippen LogP) is 4.61. The molecule has 1 aromatic rings. The van der Waals surface area contributed by atoms with Crippen LogP contribution in [-0.2, 0) is 0 Å². The van der Waals surface area contributed by atoms with E-state index in [0.717, 1.165) is 35.1 Å². The number of rotatable bonds is 4. The van der Waals surface area contributed by atoms with E-state index in [1.54, 1.807) is 0 Å². The Labute approximate surface area is 125 Å². The molecule has 0 radical (unpaired) electrons. The molecule has 7 heteroatoms. The van der Waals surface area contributed by atoms with Gasteiger partial charge in [-0.3, -0.25) is 20.2 Å². The summed E-state index contributed by atoms with van der Waals surface area (Å²) in [5, 5.41) is 22.2. The van der Waals surface area contributed by atoms with E-state index in [1.165, 1.54) is 23.8 Å². The standard InChI is InChI=1S/C14H14N2O4S/c1-9-6-7-13(10(2)8-9)21-14-11(15(17)18)4-3-5-12(14)16(19)20/h3-5,8H,6-7H2,1-2H3. The SMILES string of the molecule is CC1=CC(C)=C(Sc2c([N+](=O)[O-])cccc2[N+](=O)[O-])CC1. The van der Waals surface area contributed by atoms with E-state index in [4.69, 9.17) is 0 Å². The van der Waals surface area contributed by atoms with Gasteiger partial charge in [0, 0.05) is 12.1 Å². The van der Waals surface area contributed by atoms with Gasteiger partial charge in [-0.05, 0) is 43.2 Å². The van der Waals surface area contributed by atoms with Crippen molar-refractivity contribution in [2.75, 3.05) is 0 Å². The molecule has 0 heterocycles. The third-order valence-corrected chi connectivity index (χ3v) is 4.64. The highest BCUT2D eigenvalue weighted by molar-refractivity contribution is 8.03. The fraction of sp³-hybridized carbons (Fsp3) is 0.286. The van der Waals surface area contributed by atoms with Gasteiger partial charge in [0.05, 0.1) is 9.85 Å². The van der Waals surface area contributed by atoms with E-state index in [1.807, 2.05) is 19.9 Å². The third kappa shape index (κ3) is 3.30. The van der Waals surface area contributed by atoms with Gasteiger partial charge < -0.3 is 0 Å². The molecule has 0 fully saturated rings. The highest BCUT2D eigenvalue weighted by atomic mass is 32.2. The molecule has 0 atom stereocenters. The maximum Gasteiger partial charge on any atom is 0.290 e. The number of benzene rings is 1. The third-order valence-electron chi connectivity index (χ3n) is 3.24. The molecule has 0 amide bonds. The molecule has 6 nitrogen and oxygen atoms in total. The average Bonchev–Trinajstić information content (AvgIpc) is 2.41. The summed E-state index contributed by atoms with van der Waals surface area (Å²) in [5.41, 5.74) is 1.81.